The van der Waals surface area contributed by atoms with Gasteiger partial charge >= 0.3 is 0 Å². The van der Waals surface area contributed by atoms with E-state index in [0.717, 1.165) is 22.6 Å². The van der Waals surface area contributed by atoms with Crippen molar-refractivity contribution in [3.63, 3.8) is 0 Å². The molecule has 0 aromatic heterocycles. The monoisotopic (exact) mass is 231 g/mol. The van der Waals surface area contributed by atoms with Crippen molar-refractivity contribution in [2.24, 2.45) is 5.73 Å². The molecule has 0 aliphatic rings. The quantitative estimate of drug-likeness (QED) is 0.791. The average molecular weight is 232 g/mol. The van der Waals surface area contributed by atoms with Gasteiger partial charge in [-0.1, -0.05) is 29.8 Å². The Kier molecular flexibility index (Phi) is 5.86. The zero-order chi connectivity index (χ0) is 9.84. The predicted octanol–water partition coefficient (Wildman–Crippen LogP) is 3.65. The highest BCUT2D eigenvalue weighted by atomic mass is 35.5. The van der Waals surface area contributed by atoms with Crippen molar-refractivity contribution in [3.8, 4) is 0 Å². The van der Waals surface area contributed by atoms with E-state index in [-0.39, 0.29) is 18.4 Å². The summed E-state index contributed by atoms with van der Waals surface area (Å²) in [7, 11) is 0. The Morgan fingerprint density at radius 2 is 2.21 bits per heavy atom. The van der Waals surface area contributed by atoms with Crippen LogP contribution in [0.5, 0.6) is 0 Å². The minimum atomic E-state index is 0. The van der Waals surface area contributed by atoms with Gasteiger partial charge in [-0.25, -0.2) is 0 Å². The van der Waals surface area contributed by atoms with Crippen LogP contribution in [0.1, 0.15) is 23.6 Å². The Morgan fingerprint density at radius 1 is 1.57 bits per heavy atom. The number of hydrogen-bond acceptors (Lipinski definition) is 1. The first-order valence-electron chi connectivity index (χ1n) is 4.27. The van der Waals surface area contributed by atoms with Gasteiger partial charge in [0.15, 0.2) is 0 Å². The third kappa shape index (κ3) is 3.33. The van der Waals surface area contributed by atoms with Crippen molar-refractivity contribution in [2.45, 2.75) is 19.4 Å². The summed E-state index contributed by atoms with van der Waals surface area (Å²) in [4.78, 5) is 0. The van der Waals surface area contributed by atoms with Gasteiger partial charge in [-0.15, -0.1) is 19.0 Å². The fourth-order valence-electron chi connectivity index (χ4n) is 1.16. The fourth-order valence-corrected chi connectivity index (χ4v) is 1.34. The highest BCUT2D eigenvalue weighted by Crippen LogP contribution is 2.21. The molecule has 2 N–H and O–H groups in total. The Morgan fingerprint density at radius 3 is 2.71 bits per heavy atom. The molecule has 78 valence electrons. The average Bonchev–Trinajstić information content (AvgIpc) is 2.10. The lowest BCUT2D eigenvalue weighted by atomic mass is 10.0. The molecule has 0 spiro atoms. The lowest BCUT2D eigenvalue weighted by Gasteiger charge is -2.10. The molecule has 1 atom stereocenters. The number of benzene rings is 1. The lowest BCUT2D eigenvalue weighted by molar-refractivity contribution is 0.741. The molecule has 1 aromatic rings. The summed E-state index contributed by atoms with van der Waals surface area (Å²) < 4.78 is 0. The van der Waals surface area contributed by atoms with Crippen molar-refractivity contribution < 1.29 is 0 Å². The molecule has 0 radical (unpaired) electrons. The van der Waals surface area contributed by atoms with E-state index in [0.29, 0.717) is 0 Å². The van der Waals surface area contributed by atoms with E-state index in [1.54, 1.807) is 0 Å². The summed E-state index contributed by atoms with van der Waals surface area (Å²) in [5.41, 5.74) is 8.04. The van der Waals surface area contributed by atoms with E-state index >= 15 is 0 Å². The van der Waals surface area contributed by atoms with Gasteiger partial charge in [0.05, 0.1) is 0 Å². The summed E-state index contributed by atoms with van der Waals surface area (Å²) in [6.07, 6.45) is 2.60. The van der Waals surface area contributed by atoms with Crippen LogP contribution in [-0.4, -0.2) is 0 Å². The van der Waals surface area contributed by atoms with Crippen LogP contribution in [0, 0.1) is 6.92 Å². The van der Waals surface area contributed by atoms with Gasteiger partial charge in [-0.05, 0) is 30.5 Å². The molecule has 0 saturated heterocycles. The Balaban J connectivity index is 0.00000169. The van der Waals surface area contributed by atoms with Gasteiger partial charge in [0, 0.05) is 11.1 Å². The van der Waals surface area contributed by atoms with Gasteiger partial charge in [0.2, 0.25) is 0 Å². The third-order valence-corrected chi connectivity index (χ3v) is 2.45. The first-order chi connectivity index (χ1) is 6.15. The van der Waals surface area contributed by atoms with Gasteiger partial charge in [-0.2, -0.15) is 0 Å². The molecule has 0 aliphatic carbocycles. The van der Waals surface area contributed by atoms with Crippen molar-refractivity contribution in [1.29, 1.82) is 0 Å². The standard InChI is InChI=1S/C11H14ClN.ClH/c1-3-4-11(13)9-6-5-8(2)10(12)7-9;/h3,5-7,11H,1,4,13H2,2H3;1H/t11-;/m1./s1. The molecule has 14 heavy (non-hydrogen) atoms. The molecule has 0 amide bonds. The van der Waals surface area contributed by atoms with Crippen LogP contribution in [0.2, 0.25) is 5.02 Å². The molecular weight excluding hydrogens is 217 g/mol. The molecule has 0 fully saturated rings. The second-order valence-corrected chi connectivity index (χ2v) is 3.55. The van der Waals surface area contributed by atoms with E-state index in [4.69, 9.17) is 17.3 Å². The predicted molar refractivity (Wildman–Crippen MR) is 65.2 cm³/mol. The van der Waals surface area contributed by atoms with Crippen molar-refractivity contribution in [2.75, 3.05) is 0 Å². The number of rotatable bonds is 3. The second kappa shape index (κ2) is 6.07. The van der Waals surface area contributed by atoms with Crippen LogP contribution < -0.4 is 5.73 Å². The maximum absolute atomic E-state index is 5.98. The van der Waals surface area contributed by atoms with Gasteiger partial charge < -0.3 is 5.73 Å². The highest BCUT2D eigenvalue weighted by Gasteiger charge is 2.04. The zero-order valence-corrected chi connectivity index (χ0v) is 9.74. The Labute approximate surface area is 96.4 Å². The third-order valence-electron chi connectivity index (χ3n) is 2.04. The fraction of sp³-hybridized carbons (Fsp3) is 0.273. The van der Waals surface area contributed by atoms with Crippen molar-refractivity contribution in [1.82, 2.24) is 0 Å². The van der Waals surface area contributed by atoms with E-state index in [9.17, 15) is 0 Å². The molecule has 1 nitrogen and oxygen atoms in total. The van der Waals surface area contributed by atoms with Crippen molar-refractivity contribution >= 4 is 24.0 Å². The normalized spacial score (nSPS) is 11.6. The summed E-state index contributed by atoms with van der Waals surface area (Å²) in [5.74, 6) is 0. The van der Waals surface area contributed by atoms with Crippen LogP contribution in [0.3, 0.4) is 0 Å². The topological polar surface area (TPSA) is 26.0 Å². The number of halogens is 2. The van der Waals surface area contributed by atoms with Gasteiger partial charge in [-0.3, -0.25) is 0 Å². The van der Waals surface area contributed by atoms with Gasteiger partial charge in [0.1, 0.15) is 0 Å². The van der Waals surface area contributed by atoms with E-state index in [1.165, 1.54) is 0 Å². The summed E-state index contributed by atoms with van der Waals surface area (Å²) in [5, 5.41) is 0.775. The van der Waals surface area contributed by atoms with Crippen LogP contribution in [0.15, 0.2) is 30.9 Å². The molecule has 0 unspecified atom stereocenters. The molecule has 0 heterocycles. The summed E-state index contributed by atoms with van der Waals surface area (Å²) >= 11 is 5.98. The molecular formula is C11H15Cl2N. The van der Waals surface area contributed by atoms with Gasteiger partial charge in [0.25, 0.3) is 0 Å². The number of aryl methyl sites for hydroxylation is 1. The zero-order valence-electron chi connectivity index (χ0n) is 8.16. The van der Waals surface area contributed by atoms with E-state index < -0.39 is 0 Å². The lowest BCUT2D eigenvalue weighted by Crippen LogP contribution is -2.08. The minimum Gasteiger partial charge on any atom is -0.324 e. The molecule has 0 saturated carbocycles. The first-order valence-corrected chi connectivity index (χ1v) is 4.65. The van der Waals surface area contributed by atoms with E-state index in [2.05, 4.69) is 6.58 Å². The maximum atomic E-state index is 5.98. The second-order valence-electron chi connectivity index (χ2n) is 3.14. The van der Waals surface area contributed by atoms with Crippen LogP contribution >= 0.6 is 24.0 Å². The minimum absolute atomic E-state index is 0. The molecule has 3 heteroatoms. The molecule has 1 rings (SSSR count). The maximum Gasteiger partial charge on any atom is 0.0438 e. The highest BCUT2D eigenvalue weighted by molar-refractivity contribution is 6.31. The van der Waals surface area contributed by atoms with Crippen LogP contribution in [0.4, 0.5) is 0 Å². The molecule has 0 bridgehead atoms. The molecule has 0 aliphatic heterocycles. The Hall–Kier alpha value is -0.500. The Bertz CT molecular complexity index is 310. The SMILES string of the molecule is C=CC[C@@H](N)c1ccc(C)c(Cl)c1.Cl. The largest absolute Gasteiger partial charge is 0.324 e. The number of nitrogens with two attached hydrogens (primary N) is 1. The van der Waals surface area contributed by atoms with Crippen LogP contribution in [0.25, 0.3) is 0 Å². The summed E-state index contributed by atoms with van der Waals surface area (Å²) in [6.45, 7) is 5.63. The van der Waals surface area contributed by atoms with Crippen molar-refractivity contribution in [3.05, 3.63) is 47.0 Å². The van der Waals surface area contributed by atoms with Crippen LogP contribution in [-0.2, 0) is 0 Å². The van der Waals surface area contributed by atoms with E-state index in [1.807, 2.05) is 31.2 Å². The number of hydrogen-bond donors (Lipinski definition) is 1. The summed E-state index contributed by atoms with van der Waals surface area (Å²) in [6, 6.07) is 5.93. The molecule has 1 aromatic carbocycles. The smallest absolute Gasteiger partial charge is 0.0438 e. The first kappa shape index (κ1) is 13.5.